The predicted molar refractivity (Wildman–Crippen MR) is 220 cm³/mol. The molecule has 1 nitrogen and oxygen atoms in total. The van der Waals surface area contributed by atoms with E-state index in [4.69, 9.17) is 4.42 Å². The second-order valence-electron chi connectivity index (χ2n) is 14.8. The first-order valence-corrected chi connectivity index (χ1v) is 18.2. The summed E-state index contributed by atoms with van der Waals surface area (Å²) in [7, 11) is 0. The molecule has 0 saturated heterocycles. The third kappa shape index (κ3) is 4.11. The first-order valence-electron chi connectivity index (χ1n) is 18.2. The minimum Gasteiger partial charge on any atom is -0.456 e. The maximum Gasteiger partial charge on any atom is 0.136 e. The zero-order valence-electron chi connectivity index (χ0n) is 29.1. The van der Waals surface area contributed by atoms with Gasteiger partial charge in [0, 0.05) is 16.2 Å². The van der Waals surface area contributed by atoms with E-state index in [9.17, 15) is 0 Å². The zero-order chi connectivity index (χ0) is 34.6. The van der Waals surface area contributed by atoms with E-state index in [2.05, 4.69) is 184 Å². The van der Waals surface area contributed by atoms with Gasteiger partial charge in [0.05, 0.1) is 0 Å². The molecule has 0 atom stereocenters. The molecule has 0 unspecified atom stereocenters. The van der Waals surface area contributed by atoms with Crippen LogP contribution in [0, 0.1) is 0 Å². The van der Waals surface area contributed by atoms with E-state index < -0.39 is 0 Å². The van der Waals surface area contributed by atoms with Crippen molar-refractivity contribution in [1.29, 1.82) is 0 Å². The highest BCUT2D eigenvalue weighted by atomic mass is 16.3. The van der Waals surface area contributed by atoms with Gasteiger partial charge < -0.3 is 4.42 Å². The summed E-state index contributed by atoms with van der Waals surface area (Å²) in [6, 6.07) is 62.4. The minimum absolute atomic E-state index is 0.0230. The van der Waals surface area contributed by atoms with Gasteiger partial charge in [-0.1, -0.05) is 159 Å². The Balaban J connectivity index is 1.06. The predicted octanol–water partition coefficient (Wildman–Crippen LogP) is 14.4. The Kier molecular flexibility index (Phi) is 6.08. The fraction of sp³-hybridized carbons (Fsp3) is 0.0588. The number of rotatable bonds is 3. The van der Waals surface area contributed by atoms with Gasteiger partial charge in [-0.3, -0.25) is 0 Å². The molecule has 0 saturated carbocycles. The first-order chi connectivity index (χ1) is 25.5. The standard InChI is InChI=1S/C51H34O/c1-51(2)44-18-10-9-13-37(44)38-26-23-34(29-45(38)51)31-19-21-33(22-20-31)48-39-14-5-7-16-41(39)49(42-17-8-6-15-40(42)48)35-24-27-43-47(30-35)52-46-28-25-32-11-3-4-12-36(32)50(43)46/h3-30H,1-2H3. The Morgan fingerprint density at radius 1 is 0.365 bits per heavy atom. The molecule has 1 aliphatic carbocycles. The molecule has 244 valence electrons. The number of hydrogen-bond acceptors (Lipinski definition) is 1. The maximum absolute atomic E-state index is 6.54. The lowest BCUT2D eigenvalue weighted by Crippen LogP contribution is -2.14. The smallest absolute Gasteiger partial charge is 0.136 e. The second-order valence-corrected chi connectivity index (χ2v) is 14.8. The number of furan rings is 1. The molecule has 1 heteroatoms. The van der Waals surface area contributed by atoms with Crippen molar-refractivity contribution in [3.05, 3.63) is 181 Å². The van der Waals surface area contributed by atoms with Crippen LogP contribution in [0.1, 0.15) is 25.0 Å². The molecule has 52 heavy (non-hydrogen) atoms. The summed E-state index contributed by atoms with van der Waals surface area (Å²) >= 11 is 0. The highest BCUT2D eigenvalue weighted by molar-refractivity contribution is 6.23. The summed E-state index contributed by atoms with van der Waals surface area (Å²) in [6.45, 7) is 4.70. The SMILES string of the molecule is CC1(C)c2ccccc2-c2ccc(-c3ccc(-c4c5ccccc5c(-c5ccc6c(c5)oc5ccc7ccccc7c56)c5ccccc45)cc3)cc21. The Hall–Kier alpha value is -6.44. The molecule has 1 aromatic heterocycles. The lowest BCUT2D eigenvalue weighted by molar-refractivity contribution is 0.660. The highest BCUT2D eigenvalue weighted by Crippen LogP contribution is 2.50. The van der Waals surface area contributed by atoms with E-state index in [1.54, 1.807) is 0 Å². The van der Waals surface area contributed by atoms with Gasteiger partial charge in [-0.15, -0.1) is 0 Å². The molecule has 0 N–H and O–H groups in total. The van der Waals surface area contributed by atoms with Crippen LogP contribution in [0.3, 0.4) is 0 Å². The molecule has 0 fully saturated rings. The molecule has 1 heterocycles. The largest absolute Gasteiger partial charge is 0.456 e. The van der Waals surface area contributed by atoms with Crippen LogP contribution >= 0.6 is 0 Å². The van der Waals surface area contributed by atoms with E-state index in [1.165, 1.54) is 87.8 Å². The summed E-state index contributed by atoms with van der Waals surface area (Å²) in [6.07, 6.45) is 0. The summed E-state index contributed by atoms with van der Waals surface area (Å²) in [5.74, 6) is 0. The van der Waals surface area contributed by atoms with Gasteiger partial charge in [-0.2, -0.15) is 0 Å². The quantitative estimate of drug-likeness (QED) is 0.172. The van der Waals surface area contributed by atoms with Crippen molar-refractivity contribution >= 4 is 54.3 Å². The molecule has 0 bridgehead atoms. The van der Waals surface area contributed by atoms with Crippen molar-refractivity contribution in [1.82, 2.24) is 0 Å². The van der Waals surface area contributed by atoms with Crippen molar-refractivity contribution in [2.45, 2.75) is 19.3 Å². The molecule has 0 spiro atoms. The molecule has 0 radical (unpaired) electrons. The van der Waals surface area contributed by atoms with Gasteiger partial charge in [-0.05, 0) is 112 Å². The molecule has 11 rings (SSSR count). The van der Waals surface area contributed by atoms with Crippen LogP contribution in [0.5, 0.6) is 0 Å². The molecule has 0 aliphatic heterocycles. The van der Waals surface area contributed by atoms with Crippen LogP contribution in [0.25, 0.3) is 98.8 Å². The Bertz CT molecular complexity index is 3030. The lowest BCUT2D eigenvalue weighted by atomic mass is 9.81. The third-order valence-corrected chi connectivity index (χ3v) is 11.7. The first kappa shape index (κ1) is 29.3. The van der Waals surface area contributed by atoms with Crippen LogP contribution < -0.4 is 0 Å². The van der Waals surface area contributed by atoms with Gasteiger partial charge in [0.2, 0.25) is 0 Å². The maximum atomic E-state index is 6.54. The third-order valence-electron chi connectivity index (χ3n) is 11.7. The summed E-state index contributed by atoms with van der Waals surface area (Å²) in [5, 5.41) is 9.75. The van der Waals surface area contributed by atoms with Gasteiger partial charge in [0.15, 0.2) is 0 Å². The van der Waals surface area contributed by atoms with Crippen LogP contribution in [0.2, 0.25) is 0 Å². The molecule has 10 aromatic rings. The average molecular weight is 663 g/mol. The summed E-state index contributed by atoms with van der Waals surface area (Å²) in [5.41, 5.74) is 14.7. The van der Waals surface area contributed by atoms with Gasteiger partial charge in [0.25, 0.3) is 0 Å². The Morgan fingerprint density at radius 2 is 0.923 bits per heavy atom. The van der Waals surface area contributed by atoms with Crippen LogP contribution in [-0.4, -0.2) is 0 Å². The molecular formula is C51H34O. The van der Waals surface area contributed by atoms with Crippen molar-refractivity contribution in [3.63, 3.8) is 0 Å². The fourth-order valence-electron chi connectivity index (χ4n) is 9.17. The van der Waals surface area contributed by atoms with E-state index >= 15 is 0 Å². The van der Waals surface area contributed by atoms with E-state index in [1.807, 2.05) is 0 Å². The fourth-order valence-corrected chi connectivity index (χ4v) is 9.17. The second kappa shape index (κ2) is 10.8. The van der Waals surface area contributed by atoms with Gasteiger partial charge in [0.1, 0.15) is 11.2 Å². The van der Waals surface area contributed by atoms with E-state index in [-0.39, 0.29) is 5.41 Å². The van der Waals surface area contributed by atoms with Crippen molar-refractivity contribution in [2.75, 3.05) is 0 Å². The van der Waals surface area contributed by atoms with E-state index in [0.29, 0.717) is 0 Å². The average Bonchev–Trinajstić information content (AvgIpc) is 3.68. The van der Waals surface area contributed by atoms with Gasteiger partial charge >= 0.3 is 0 Å². The number of hydrogen-bond donors (Lipinski definition) is 0. The van der Waals surface area contributed by atoms with E-state index in [0.717, 1.165) is 22.1 Å². The highest BCUT2D eigenvalue weighted by Gasteiger charge is 2.35. The van der Waals surface area contributed by atoms with Crippen molar-refractivity contribution < 1.29 is 4.42 Å². The molecule has 9 aromatic carbocycles. The Labute approximate surface area is 302 Å². The normalized spacial score (nSPS) is 13.3. The Morgan fingerprint density at radius 3 is 1.65 bits per heavy atom. The minimum atomic E-state index is -0.0230. The monoisotopic (exact) mass is 662 g/mol. The molecule has 0 amide bonds. The van der Waals surface area contributed by atoms with Crippen LogP contribution in [-0.2, 0) is 5.41 Å². The van der Waals surface area contributed by atoms with Gasteiger partial charge in [-0.25, -0.2) is 0 Å². The van der Waals surface area contributed by atoms with Crippen LogP contribution in [0.4, 0.5) is 0 Å². The number of fused-ring (bicyclic) bond motifs is 10. The van der Waals surface area contributed by atoms with Crippen molar-refractivity contribution in [2.24, 2.45) is 0 Å². The molecule has 1 aliphatic rings. The summed E-state index contributed by atoms with van der Waals surface area (Å²) < 4.78 is 6.54. The lowest BCUT2D eigenvalue weighted by Gasteiger charge is -2.22. The topological polar surface area (TPSA) is 13.1 Å². The summed E-state index contributed by atoms with van der Waals surface area (Å²) in [4.78, 5) is 0. The van der Waals surface area contributed by atoms with Crippen LogP contribution in [0.15, 0.2) is 174 Å². The molecular weight excluding hydrogens is 629 g/mol. The zero-order valence-corrected chi connectivity index (χ0v) is 29.1. The van der Waals surface area contributed by atoms with Crippen molar-refractivity contribution in [3.8, 4) is 44.5 Å². The number of benzene rings is 9.